The highest BCUT2D eigenvalue weighted by atomic mass is 16.4. The lowest BCUT2D eigenvalue weighted by Gasteiger charge is -2.24. The van der Waals surface area contributed by atoms with Crippen molar-refractivity contribution in [1.29, 1.82) is 0 Å². The zero-order valence-electron chi connectivity index (χ0n) is 8.63. The Labute approximate surface area is 88.6 Å². The lowest BCUT2D eigenvalue weighted by molar-refractivity contribution is 0.316. The van der Waals surface area contributed by atoms with Gasteiger partial charge in [0.25, 0.3) is 0 Å². The van der Waals surface area contributed by atoms with Crippen molar-refractivity contribution in [2.45, 2.75) is 38.1 Å². The van der Waals surface area contributed by atoms with E-state index in [9.17, 15) is 0 Å². The Balaban J connectivity index is 2.23. The van der Waals surface area contributed by atoms with E-state index in [4.69, 9.17) is 10.9 Å². The van der Waals surface area contributed by atoms with Gasteiger partial charge in [-0.25, -0.2) is 4.98 Å². The van der Waals surface area contributed by atoms with E-state index >= 15 is 0 Å². The molecule has 1 aromatic heterocycles. The molecule has 0 aromatic carbocycles. The second kappa shape index (κ2) is 4.33. The molecule has 1 fully saturated rings. The maximum atomic E-state index is 8.65. The molecule has 1 aliphatic carbocycles. The first kappa shape index (κ1) is 10.0. The van der Waals surface area contributed by atoms with Crippen LogP contribution in [0.1, 0.15) is 43.8 Å². The first-order valence-electron chi connectivity index (χ1n) is 5.32. The third-order valence-electron chi connectivity index (χ3n) is 3.00. The third-order valence-corrected chi connectivity index (χ3v) is 3.00. The van der Waals surface area contributed by atoms with E-state index in [0.29, 0.717) is 11.7 Å². The normalized spacial score (nSPS) is 19.3. The number of hydrogen-bond acceptors (Lipinski definition) is 3. The van der Waals surface area contributed by atoms with Crippen LogP contribution >= 0.6 is 0 Å². The second-order valence-electron chi connectivity index (χ2n) is 3.96. The summed E-state index contributed by atoms with van der Waals surface area (Å²) in [5.41, 5.74) is 6.30. The van der Waals surface area contributed by atoms with Gasteiger partial charge in [0.15, 0.2) is 5.84 Å². The van der Waals surface area contributed by atoms with E-state index in [-0.39, 0.29) is 5.84 Å². The highest BCUT2D eigenvalue weighted by molar-refractivity contribution is 5.95. The molecule has 5 heteroatoms. The van der Waals surface area contributed by atoms with Gasteiger partial charge in [-0.2, -0.15) is 0 Å². The van der Waals surface area contributed by atoms with Crippen LogP contribution in [0, 0.1) is 0 Å². The molecule has 0 aliphatic heterocycles. The molecule has 0 atom stereocenters. The molecule has 15 heavy (non-hydrogen) atoms. The second-order valence-corrected chi connectivity index (χ2v) is 3.96. The molecule has 1 aliphatic rings. The Morgan fingerprint density at radius 3 is 2.87 bits per heavy atom. The summed E-state index contributed by atoms with van der Waals surface area (Å²) in [6.07, 6.45) is 9.53. The average molecular weight is 208 g/mol. The van der Waals surface area contributed by atoms with Crippen LogP contribution in [0.3, 0.4) is 0 Å². The van der Waals surface area contributed by atoms with Gasteiger partial charge in [0.2, 0.25) is 0 Å². The summed E-state index contributed by atoms with van der Waals surface area (Å²) < 4.78 is 2.02. The van der Waals surface area contributed by atoms with E-state index in [0.717, 1.165) is 12.8 Å². The first-order chi connectivity index (χ1) is 7.33. The molecule has 0 saturated heterocycles. The minimum atomic E-state index is 0.137. The molecule has 3 N–H and O–H groups in total. The minimum absolute atomic E-state index is 0.137. The van der Waals surface area contributed by atoms with Crippen molar-refractivity contribution < 1.29 is 5.21 Å². The molecule has 2 rings (SSSR count). The van der Waals surface area contributed by atoms with E-state index in [1.807, 2.05) is 4.57 Å². The van der Waals surface area contributed by atoms with Gasteiger partial charge in [-0.15, -0.1) is 0 Å². The van der Waals surface area contributed by atoms with Gasteiger partial charge in [-0.3, -0.25) is 0 Å². The molecule has 82 valence electrons. The molecular weight excluding hydrogens is 192 g/mol. The van der Waals surface area contributed by atoms with Gasteiger partial charge < -0.3 is 15.5 Å². The quantitative estimate of drug-likeness (QED) is 0.334. The molecule has 1 aromatic rings. The number of amidine groups is 1. The van der Waals surface area contributed by atoms with E-state index in [2.05, 4.69) is 10.1 Å². The van der Waals surface area contributed by atoms with Gasteiger partial charge >= 0.3 is 0 Å². The zero-order valence-corrected chi connectivity index (χ0v) is 8.63. The highest BCUT2D eigenvalue weighted by Crippen LogP contribution is 2.28. The van der Waals surface area contributed by atoms with Crippen LogP contribution in [0.15, 0.2) is 17.7 Å². The fraction of sp³-hybridized carbons (Fsp3) is 0.600. The monoisotopic (exact) mass is 208 g/mol. The van der Waals surface area contributed by atoms with Crippen molar-refractivity contribution in [3.63, 3.8) is 0 Å². The Morgan fingerprint density at radius 1 is 1.47 bits per heavy atom. The molecule has 5 nitrogen and oxygen atoms in total. The molecule has 0 amide bonds. The zero-order chi connectivity index (χ0) is 10.7. The van der Waals surface area contributed by atoms with Gasteiger partial charge in [-0.1, -0.05) is 24.4 Å². The molecular formula is C10H16N4O. The Hall–Kier alpha value is -1.52. The van der Waals surface area contributed by atoms with Gasteiger partial charge in [0.1, 0.15) is 5.69 Å². The van der Waals surface area contributed by atoms with E-state index in [1.54, 1.807) is 12.5 Å². The highest BCUT2D eigenvalue weighted by Gasteiger charge is 2.18. The number of nitrogens with two attached hydrogens (primary N) is 1. The van der Waals surface area contributed by atoms with Crippen molar-refractivity contribution >= 4 is 5.84 Å². The number of rotatable bonds is 2. The summed E-state index contributed by atoms with van der Waals surface area (Å²) in [5, 5.41) is 11.7. The first-order valence-corrected chi connectivity index (χ1v) is 5.32. The summed E-state index contributed by atoms with van der Waals surface area (Å²) in [7, 11) is 0. The van der Waals surface area contributed by atoms with Gasteiger partial charge in [0.05, 0.1) is 12.5 Å². The van der Waals surface area contributed by atoms with Crippen molar-refractivity contribution in [3.8, 4) is 0 Å². The lowest BCUT2D eigenvalue weighted by Crippen LogP contribution is -2.22. The van der Waals surface area contributed by atoms with Crippen molar-refractivity contribution in [2.75, 3.05) is 0 Å². The number of oxime groups is 1. The molecule has 0 radical (unpaired) electrons. The number of imidazole rings is 1. The summed E-state index contributed by atoms with van der Waals surface area (Å²) in [5.74, 6) is 0.137. The number of aromatic nitrogens is 2. The predicted octanol–water partition coefficient (Wildman–Crippen LogP) is 1.48. The topological polar surface area (TPSA) is 76.4 Å². The Kier molecular flexibility index (Phi) is 2.89. The molecule has 1 heterocycles. The maximum Gasteiger partial charge on any atom is 0.188 e. The number of hydrogen-bond donors (Lipinski definition) is 2. The van der Waals surface area contributed by atoms with Crippen molar-refractivity contribution in [2.24, 2.45) is 10.9 Å². The molecule has 1 saturated carbocycles. The van der Waals surface area contributed by atoms with Gasteiger partial charge in [0, 0.05) is 6.04 Å². The molecule has 0 unspecified atom stereocenters. The van der Waals surface area contributed by atoms with Crippen molar-refractivity contribution in [1.82, 2.24) is 9.55 Å². The number of nitrogens with zero attached hydrogens (tertiary/aromatic N) is 3. The summed E-state index contributed by atoms with van der Waals surface area (Å²) >= 11 is 0. The summed E-state index contributed by atoms with van der Waals surface area (Å²) in [6, 6.07) is 0.455. The molecule has 0 bridgehead atoms. The SMILES string of the molecule is N/C(=N/O)c1cncn1C1CCCCC1. The summed E-state index contributed by atoms with van der Waals surface area (Å²) in [4.78, 5) is 4.06. The van der Waals surface area contributed by atoms with Crippen LogP contribution < -0.4 is 5.73 Å². The largest absolute Gasteiger partial charge is 0.409 e. The smallest absolute Gasteiger partial charge is 0.188 e. The maximum absolute atomic E-state index is 8.65. The summed E-state index contributed by atoms with van der Waals surface area (Å²) in [6.45, 7) is 0. The van der Waals surface area contributed by atoms with Crippen LogP contribution in [0.4, 0.5) is 0 Å². The standard InChI is InChI=1S/C10H16N4O/c11-10(13-15)9-6-12-7-14(9)8-4-2-1-3-5-8/h6-8,15H,1-5H2,(H2,11,13). The van der Waals surface area contributed by atoms with E-state index in [1.165, 1.54) is 19.3 Å². The van der Waals surface area contributed by atoms with Gasteiger partial charge in [-0.05, 0) is 12.8 Å². The average Bonchev–Trinajstić information content (AvgIpc) is 2.78. The fourth-order valence-corrected chi connectivity index (χ4v) is 2.20. The minimum Gasteiger partial charge on any atom is -0.409 e. The fourth-order valence-electron chi connectivity index (χ4n) is 2.20. The third kappa shape index (κ3) is 1.95. The van der Waals surface area contributed by atoms with Crippen LogP contribution in [0.2, 0.25) is 0 Å². The van der Waals surface area contributed by atoms with Crippen LogP contribution in [0.5, 0.6) is 0 Å². The predicted molar refractivity (Wildman–Crippen MR) is 56.9 cm³/mol. The van der Waals surface area contributed by atoms with Crippen LogP contribution in [-0.2, 0) is 0 Å². The molecule has 0 spiro atoms. The van der Waals surface area contributed by atoms with Crippen LogP contribution in [-0.4, -0.2) is 20.6 Å². The Bertz CT molecular complexity index is 352. The van der Waals surface area contributed by atoms with Crippen molar-refractivity contribution in [3.05, 3.63) is 18.2 Å². The Morgan fingerprint density at radius 2 is 2.20 bits per heavy atom. The van der Waals surface area contributed by atoms with E-state index < -0.39 is 0 Å². The van der Waals surface area contributed by atoms with Crippen LogP contribution in [0.25, 0.3) is 0 Å². The lowest BCUT2D eigenvalue weighted by atomic mass is 9.95.